The van der Waals surface area contributed by atoms with Crippen LogP contribution >= 0.6 is 15.9 Å². The number of rotatable bonds is 7. The summed E-state index contributed by atoms with van der Waals surface area (Å²) < 4.78 is 0.458. The normalized spacial score (nSPS) is 10.6. The van der Waals surface area contributed by atoms with E-state index in [-0.39, 0.29) is 18.1 Å². The van der Waals surface area contributed by atoms with Gasteiger partial charge in [0, 0.05) is 19.7 Å². The quantitative estimate of drug-likeness (QED) is 0.608. The van der Waals surface area contributed by atoms with Gasteiger partial charge in [-0.25, -0.2) is 0 Å². The van der Waals surface area contributed by atoms with Crippen molar-refractivity contribution in [1.29, 1.82) is 0 Å². The zero-order valence-corrected chi connectivity index (χ0v) is 13.1. The molecule has 0 saturated carbocycles. The molecule has 1 amide bonds. The third-order valence-corrected chi connectivity index (χ3v) is 3.47. The van der Waals surface area contributed by atoms with E-state index < -0.39 is 4.92 Å². The van der Waals surface area contributed by atoms with E-state index in [0.717, 1.165) is 18.5 Å². The number of halogens is 1. The molecule has 7 heteroatoms. The number of nitrogens with one attached hydrogen (secondary N) is 1. The highest BCUT2D eigenvalue weighted by atomic mass is 79.9. The van der Waals surface area contributed by atoms with Crippen LogP contribution in [0.1, 0.15) is 18.9 Å². The van der Waals surface area contributed by atoms with Crippen molar-refractivity contribution in [2.45, 2.75) is 19.9 Å². The van der Waals surface area contributed by atoms with Gasteiger partial charge in [0.15, 0.2) is 0 Å². The molecule has 0 spiro atoms. The largest absolute Gasteiger partial charge is 0.358 e. The van der Waals surface area contributed by atoms with E-state index in [1.165, 1.54) is 6.07 Å². The molecule has 0 fully saturated rings. The Bertz CT molecular complexity index is 494. The van der Waals surface area contributed by atoms with Crippen LogP contribution < -0.4 is 5.32 Å². The number of nitro groups is 1. The smallest absolute Gasteiger partial charge is 0.283 e. The SMILES string of the molecule is CCCN(CC(=O)NC)Cc1ccc(Br)c([N+](=O)[O-])c1. The molecule has 20 heavy (non-hydrogen) atoms. The number of nitrogens with zero attached hydrogens (tertiary/aromatic N) is 2. The Morgan fingerprint density at radius 1 is 1.50 bits per heavy atom. The number of hydrogen-bond acceptors (Lipinski definition) is 4. The summed E-state index contributed by atoms with van der Waals surface area (Å²) in [4.78, 5) is 23.9. The lowest BCUT2D eigenvalue weighted by atomic mass is 10.2. The van der Waals surface area contributed by atoms with Crippen LogP contribution in [0.25, 0.3) is 0 Å². The number of benzene rings is 1. The van der Waals surface area contributed by atoms with Gasteiger partial charge in [-0.05, 0) is 40.5 Å². The Labute approximate surface area is 126 Å². The summed E-state index contributed by atoms with van der Waals surface area (Å²) >= 11 is 3.16. The first-order chi connectivity index (χ1) is 9.47. The molecule has 1 aromatic rings. The maximum atomic E-state index is 11.4. The van der Waals surface area contributed by atoms with Crippen molar-refractivity contribution >= 4 is 27.5 Å². The van der Waals surface area contributed by atoms with Crippen molar-refractivity contribution in [2.24, 2.45) is 0 Å². The van der Waals surface area contributed by atoms with E-state index in [1.807, 2.05) is 17.9 Å². The summed E-state index contributed by atoms with van der Waals surface area (Å²) in [5.74, 6) is -0.0648. The van der Waals surface area contributed by atoms with Crippen LogP contribution in [0.4, 0.5) is 5.69 Å². The molecule has 0 aliphatic carbocycles. The van der Waals surface area contributed by atoms with Gasteiger partial charge in [-0.3, -0.25) is 19.8 Å². The first-order valence-corrected chi connectivity index (χ1v) is 7.13. The lowest BCUT2D eigenvalue weighted by molar-refractivity contribution is -0.385. The van der Waals surface area contributed by atoms with Crippen molar-refractivity contribution in [3.05, 3.63) is 38.3 Å². The summed E-state index contributed by atoms with van der Waals surface area (Å²) in [6.45, 7) is 3.59. The number of hydrogen-bond donors (Lipinski definition) is 1. The molecule has 1 aromatic carbocycles. The summed E-state index contributed by atoms with van der Waals surface area (Å²) in [6, 6.07) is 5.03. The summed E-state index contributed by atoms with van der Waals surface area (Å²) in [7, 11) is 1.59. The number of carbonyl (C=O) groups is 1. The maximum Gasteiger partial charge on any atom is 0.283 e. The van der Waals surface area contributed by atoms with E-state index >= 15 is 0 Å². The lowest BCUT2D eigenvalue weighted by Gasteiger charge is -2.20. The fourth-order valence-corrected chi connectivity index (χ4v) is 2.26. The summed E-state index contributed by atoms with van der Waals surface area (Å²) in [6.07, 6.45) is 0.912. The van der Waals surface area contributed by atoms with Gasteiger partial charge in [0.05, 0.1) is 15.9 Å². The minimum absolute atomic E-state index is 0.0406. The number of likely N-dealkylation sites (N-methyl/N-ethyl adjacent to an activating group) is 1. The third-order valence-electron chi connectivity index (χ3n) is 2.80. The first kappa shape index (κ1) is 16.6. The number of nitro benzene ring substituents is 1. The predicted molar refractivity (Wildman–Crippen MR) is 80.4 cm³/mol. The second-order valence-corrected chi connectivity index (χ2v) is 5.28. The molecule has 110 valence electrons. The number of carbonyl (C=O) groups excluding carboxylic acids is 1. The van der Waals surface area contributed by atoms with E-state index in [1.54, 1.807) is 13.1 Å². The standard InChI is InChI=1S/C13H18BrN3O3/c1-3-6-16(9-13(18)15-2)8-10-4-5-11(14)12(7-10)17(19)20/h4-5,7H,3,6,8-9H2,1-2H3,(H,15,18). The fraction of sp³-hybridized carbons (Fsp3) is 0.462. The highest BCUT2D eigenvalue weighted by Crippen LogP contribution is 2.26. The average Bonchev–Trinajstić information content (AvgIpc) is 2.40. The van der Waals surface area contributed by atoms with Crippen LogP contribution in [0, 0.1) is 10.1 Å². The number of amides is 1. The van der Waals surface area contributed by atoms with Crippen LogP contribution in [0.5, 0.6) is 0 Å². The van der Waals surface area contributed by atoms with E-state index in [0.29, 0.717) is 11.0 Å². The summed E-state index contributed by atoms with van der Waals surface area (Å²) in [5, 5.41) is 13.5. The second kappa shape index (κ2) is 7.96. The van der Waals surface area contributed by atoms with E-state index in [9.17, 15) is 14.9 Å². The first-order valence-electron chi connectivity index (χ1n) is 6.33. The predicted octanol–water partition coefficient (Wildman–Crippen LogP) is 2.32. The van der Waals surface area contributed by atoms with Crippen molar-refractivity contribution in [1.82, 2.24) is 10.2 Å². The third kappa shape index (κ3) is 4.90. The molecule has 0 aliphatic rings. The lowest BCUT2D eigenvalue weighted by Crippen LogP contribution is -2.35. The molecule has 0 unspecified atom stereocenters. The molecule has 0 atom stereocenters. The van der Waals surface area contributed by atoms with E-state index in [4.69, 9.17) is 0 Å². The minimum atomic E-state index is -0.420. The zero-order valence-electron chi connectivity index (χ0n) is 11.6. The molecular weight excluding hydrogens is 326 g/mol. The van der Waals surface area contributed by atoms with Gasteiger partial charge < -0.3 is 5.32 Å². The Balaban J connectivity index is 2.85. The van der Waals surface area contributed by atoms with Crippen LogP contribution in [-0.2, 0) is 11.3 Å². The van der Waals surface area contributed by atoms with Gasteiger partial charge in [0.2, 0.25) is 5.91 Å². The van der Waals surface area contributed by atoms with Crippen molar-refractivity contribution in [2.75, 3.05) is 20.1 Å². The highest BCUT2D eigenvalue weighted by Gasteiger charge is 2.15. The zero-order chi connectivity index (χ0) is 15.1. The minimum Gasteiger partial charge on any atom is -0.358 e. The molecule has 0 aliphatic heterocycles. The molecule has 0 saturated heterocycles. The van der Waals surface area contributed by atoms with Crippen molar-refractivity contribution in [3.8, 4) is 0 Å². The van der Waals surface area contributed by atoms with Crippen molar-refractivity contribution in [3.63, 3.8) is 0 Å². The van der Waals surface area contributed by atoms with Gasteiger partial charge in [0.25, 0.3) is 5.69 Å². The van der Waals surface area contributed by atoms with Gasteiger partial charge >= 0.3 is 0 Å². The van der Waals surface area contributed by atoms with Crippen LogP contribution in [-0.4, -0.2) is 35.9 Å². The molecule has 1 rings (SSSR count). The molecule has 1 N–H and O–H groups in total. The Morgan fingerprint density at radius 2 is 2.20 bits per heavy atom. The monoisotopic (exact) mass is 343 g/mol. The average molecular weight is 344 g/mol. The van der Waals surface area contributed by atoms with Gasteiger partial charge in [-0.15, -0.1) is 0 Å². The van der Waals surface area contributed by atoms with Crippen LogP contribution in [0.2, 0.25) is 0 Å². The second-order valence-electron chi connectivity index (χ2n) is 4.43. The molecule has 0 aromatic heterocycles. The fourth-order valence-electron chi connectivity index (χ4n) is 1.87. The van der Waals surface area contributed by atoms with Gasteiger partial charge in [0.1, 0.15) is 0 Å². The molecule has 0 bridgehead atoms. The molecule has 0 radical (unpaired) electrons. The van der Waals surface area contributed by atoms with Crippen LogP contribution in [0.3, 0.4) is 0 Å². The van der Waals surface area contributed by atoms with Crippen molar-refractivity contribution < 1.29 is 9.72 Å². The maximum absolute atomic E-state index is 11.4. The van der Waals surface area contributed by atoms with Crippen LogP contribution in [0.15, 0.2) is 22.7 Å². The highest BCUT2D eigenvalue weighted by molar-refractivity contribution is 9.10. The molecule has 6 nitrogen and oxygen atoms in total. The Hall–Kier alpha value is -1.47. The Morgan fingerprint density at radius 3 is 2.75 bits per heavy atom. The Kier molecular flexibility index (Phi) is 6.60. The van der Waals surface area contributed by atoms with Gasteiger partial charge in [-0.1, -0.05) is 13.0 Å². The van der Waals surface area contributed by atoms with E-state index in [2.05, 4.69) is 21.2 Å². The summed E-state index contributed by atoms with van der Waals surface area (Å²) in [5.41, 5.74) is 0.858. The van der Waals surface area contributed by atoms with Gasteiger partial charge in [-0.2, -0.15) is 0 Å². The molecular formula is C13H18BrN3O3. The molecule has 0 heterocycles. The topological polar surface area (TPSA) is 75.5 Å².